The summed E-state index contributed by atoms with van der Waals surface area (Å²) >= 11 is 0. The quantitative estimate of drug-likeness (QED) is 0.735. The maximum absolute atomic E-state index is 5.97. The van der Waals surface area contributed by atoms with Crippen molar-refractivity contribution in [3.8, 4) is 0 Å². The summed E-state index contributed by atoms with van der Waals surface area (Å²) in [5.41, 5.74) is 7.77. The molecule has 1 fully saturated rings. The van der Waals surface area contributed by atoms with Gasteiger partial charge < -0.3 is 10.5 Å². The van der Waals surface area contributed by atoms with Gasteiger partial charge in [-0.15, -0.1) is 0 Å². The molecule has 0 amide bonds. The zero-order valence-corrected chi connectivity index (χ0v) is 8.93. The molecule has 0 radical (unpaired) electrons. The Morgan fingerprint density at radius 3 is 2.57 bits per heavy atom. The Hall–Kier alpha value is -0.500. The zero-order valence-electron chi connectivity index (χ0n) is 8.93. The maximum Gasteiger partial charge on any atom is 0.0876 e. The van der Waals surface area contributed by atoms with Crippen molar-refractivity contribution in [2.75, 3.05) is 13.2 Å². The van der Waals surface area contributed by atoms with Gasteiger partial charge in [0.05, 0.1) is 12.9 Å². The van der Waals surface area contributed by atoms with Crippen molar-refractivity contribution in [1.29, 1.82) is 0 Å². The molecular weight excluding hydrogens is 174 g/mol. The molecule has 2 heteroatoms. The van der Waals surface area contributed by atoms with Crippen LogP contribution in [0.1, 0.15) is 44.9 Å². The van der Waals surface area contributed by atoms with Gasteiger partial charge in [-0.3, -0.25) is 0 Å². The standard InChI is InChI=1S/C12H21NO/c13-10-12(6-2-1-3-7-12)11-5-4-8-14-9-11/h9H,1-8,10,13H2. The smallest absolute Gasteiger partial charge is 0.0876 e. The topological polar surface area (TPSA) is 35.2 Å². The Labute approximate surface area is 86.5 Å². The molecule has 1 heterocycles. The molecule has 14 heavy (non-hydrogen) atoms. The summed E-state index contributed by atoms with van der Waals surface area (Å²) in [7, 11) is 0. The first-order valence-electron chi connectivity index (χ1n) is 5.89. The van der Waals surface area contributed by atoms with Gasteiger partial charge in [0.25, 0.3) is 0 Å². The fourth-order valence-electron chi connectivity index (χ4n) is 2.84. The molecule has 0 aromatic rings. The van der Waals surface area contributed by atoms with E-state index in [2.05, 4.69) is 0 Å². The van der Waals surface area contributed by atoms with Gasteiger partial charge >= 0.3 is 0 Å². The summed E-state index contributed by atoms with van der Waals surface area (Å²) in [6.45, 7) is 1.70. The van der Waals surface area contributed by atoms with Crippen molar-refractivity contribution >= 4 is 0 Å². The van der Waals surface area contributed by atoms with Crippen LogP contribution in [0.2, 0.25) is 0 Å². The first kappa shape index (κ1) is 10.0. The van der Waals surface area contributed by atoms with Crippen molar-refractivity contribution in [3.05, 3.63) is 11.8 Å². The highest BCUT2D eigenvalue weighted by Gasteiger charge is 2.35. The molecule has 2 nitrogen and oxygen atoms in total. The van der Waals surface area contributed by atoms with Crippen LogP contribution in [-0.2, 0) is 4.74 Å². The van der Waals surface area contributed by atoms with Crippen molar-refractivity contribution < 1.29 is 4.74 Å². The van der Waals surface area contributed by atoms with E-state index >= 15 is 0 Å². The summed E-state index contributed by atoms with van der Waals surface area (Å²) in [5.74, 6) is 0. The minimum Gasteiger partial charge on any atom is -0.501 e. The van der Waals surface area contributed by atoms with Crippen LogP contribution in [-0.4, -0.2) is 13.2 Å². The summed E-state index contributed by atoms with van der Waals surface area (Å²) in [4.78, 5) is 0. The Kier molecular flexibility index (Phi) is 3.12. The van der Waals surface area contributed by atoms with Crippen molar-refractivity contribution in [1.82, 2.24) is 0 Å². The van der Waals surface area contributed by atoms with Crippen LogP contribution in [0.25, 0.3) is 0 Å². The van der Waals surface area contributed by atoms with E-state index in [1.807, 2.05) is 6.26 Å². The molecule has 80 valence electrons. The van der Waals surface area contributed by atoms with Gasteiger partial charge in [-0.2, -0.15) is 0 Å². The van der Waals surface area contributed by atoms with Crippen LogP contribution in [0, 0.1) is 5.41 Å². The summed E-state index contributed by atoms with van der Waals surface area (Å²) in [5, 5.41) is 0. The second-order valence-corrected chi connectivity index (χ2v) is 4.66. The number of rotatable bonds is 2. The lowest BCUT2D eigenvalue weighted by Crippen LogP contribution is -2.35. The molecule has 0 unspecified atom stereocenters. The highest BCUT2D eigenvalue weighted by atomic mass is 16.5. The second kappa shape index (κ2) is 4.35. The normalized spacial score (nSPS) is 26.5. The van der Waals surface area contributed by atoms with Gasteiger partial charge in [-0.1, -0.05) is 19.3 Å². The monoisotopic (exact) mass is 195 g/mol. The molecule has 2 rings (SSSR count). The van der Waals surface area contributed by atoms with Gasteiger partial charge in [0.15, 0.2) is 0 Å². The van der Waals surface area contributed by atoms with E-state index in [0.29, 0.717) is 5.41 Å². The SMILES string of the molecule is NCC1(C2=COCCC2)CCCCC1. The number of hydrogen-bond acceptors (Lipinski definition) is 2. The van der Waals surface area contributed by atoms with Crippen LogP contribution in [0.15, 0.2) is 11.8 Å². The van der Waals surface area contributed by atoms with Gasteiger partial charge in [-0.25, -0.2) is 0 Å². The van der Waals surface area contributed by atoms with Crippen LogP contribution in [0.4, 0.5) is 0 Å². The maximum atomic E-state index is 5.97. The molecule has 1 aliphatic heterocycles. The van der Waals surface area contributed by atoms with Crippen molar-refractivity contribution in [2.45, 2.75) is 44.9 Å². The van der Waals surface area contributed by atoms with Crippen LogP contribution < -0.4 is 5.73 Å². The minimum atomic E-state index is 0.304. The molecule has 2 N–H and O–H groups in total. The minimum absolute atomic E-state index is 0.304. The van der Waals surface area contributed by atoms with Gasteiger partial charge in [0, 0.05) is 12.0 Å². The fraction of sp³-hybridized carbons (Fsp3) is 0.833. The lowest BCUT2D eigenvalue weighted by Gasteiger charge is -2.39. The van der Waals surface area contributed by atoms with Gasteiger partial charge in [0.1, 0.15) is 0 Å². The third-order valence-electron chi connectivity index (χ3n) is 3.82. The van der Waals surface area contributed by atoms with E-state index in [1.54, 1.807) is 0 Å². The number of hydrogen-bond donors (Lipinski definition) is 1. The molecule has 0 aromatic carbocycles. The average Bonchev–Trinajstić information content (AvgIpc) is 2.31. The summed E-state index contributed by atoms with van der Waals surface area (Å²) in [6, 6.07) is 0. The Morgan fingerprint density at radius 2 is 2.00 bits per heavy atom. The zero-order chi connectivity index (χ0) is 9.86. The Morgan fingerprint density at radius 1 is 1.21 bits per heavy atom. The van der Waals surface area contributed by atoms with Gasteiger partial charge in [-0.05, 0) is 31.3 Å². The first-order chi connectivity index (χ1) is 6.87. The third kappa shape index (κ3) is 1.81. The van der Waals surface area contributed by atoms with Gasteiger partial charge in [0.2, 0.25) is 0 Å². The molecule has 1 saturated carbocycles. The van der Waals surface area contributed by atoms with Crippen LogP contribution >= 0.6 is 0 Å². The highest BCUT2D eigenvalue weighted by Crippen LogP contribution is 2.44. The highest BCUT2D eigenvalue weighted by molar-refractivity contribution is 5.15. The van der Waals surface area contributed by atoms with E-state index in [-0.39, 0.29) is 0 Å². The van der Waals surface area contributed by atoms with Crippen molar-refractivity contribution in [2.24, 2.45) is 11.1 Å². The number of nitrogens with two attached hydrogens (primary N) is 1. The average molecular weight is 195 g/mol. The third-order valence-corrected chi connectivity index (χ3v) is 3.82. The molecule has 0 saturated heterocycles. The molecule has 0 bridgehead atoms. The fourth-order valence-corrected chi connectivity index (χ4v) is 2.84. The second-order valence-electron chi connectivity index (χ2n) is 4.66. The predicted octanol–water partition coefficient (Wildman–Crippen LogP) is 2.59. The van der Waals surface area contributed by atoms with E-state index in [1.165, 1.54) is 50.5 Å². The molecule has 2 aliphatic rings. The molecule has 0 spiro atoms. The van der Waals surface area contributed by atoms with E-state index < -0.39 is 0 Å². The molecule has 0 atom stereocenters. The lowest BCUT2D eigenvalue weighted by molar-refractivity contribution is 0.178. The van der Waals surface area contributed by atoms with Crippen LogP contribution in [0.3, 0.4) is 0 Å². The summed E-state index contributed by atoms with van der Waals surface area (Å²) in [6.07, 6.45) is 11.0. The number of ether oxygens (including phenoxy) is 1. The lowest BCUT2D eigenvalue weighted by atomic mass is 9.68. The molecule has 0 aromatic heterocycles. The largest absolute Gasteiger partial charge is 0.501 e. The van der Waals surface area contributed by atoms with E-state index in [0.717, 1.165) is 13.2 Å². The van der Waals surface area contributed by atoms with E-state index in [9.17, 15) is 0 Å². The Balaban J connectivity index is 2.12. The first-order valence-corrected chi connectivity index (χ1v) is 5.89. The predicted molar refractivity (Wildman–Crippen MR) is 57.8 cm³/mol. The molecular formula is C12H21NO. The molecule has 1 aliphatic carbocycles. The van der Waals surface area contributed by atoms with Crippen LogP contribution in [0.5, 0.6) is 0 Å². The Bertz CT molecular complexity index is 216. The summed E-state index contributed by atoms with van der Waals surface area (Å²) < 4.78 is 5.44. The van der Waals surface area contributed by atoms with Crippen molar-refractivity contribution in [3.63, 3.8) is 0 Å². The van der Waals surface area contributed by atoms with E-state index in [4.69, 9.17) is 10.5 Å².